The zero-order valence-corrected chi connectivity index (χ0v) is 14.9. The highest BCUT2D eigenvalue weighted by molar-refractivity contribution is 5.99. The van der Waals surface area contributed by atoms with Gasteiger partial charge in [-0.05, 0) is 24.3 Å². The first-order valence-electron chi connectivity index (χ1n) is 8.58. The van der Waals surface area contributed by atoms with Gasteiger partial charge >= 0.3 is 0 Å². The summed E-state index contributed by atoms with van der Waals surface area (Å²) < 4.78 is 18.8. The Labute approximate surface area is 156 Å². The quantitative estimate of drug-likeness (QED) is 0.345. The first kappa shape index (κ1) is 16.9. The third kappa shape index (κ3) is 3.42. The third-order valence-corrected chi connectivity index (χ3v) is 4.53. The summed E-state index contributed by atoms with van der Waals surface area (Å²) in [5.41, 5.74) is 10.0. The zero-order chi connectivity index (χ0) is 18.8. The van der Waals surface area contributed by atoms with Gasteiger partial charge in [-0.1, -0.05) is 12.1 Å². The van der Waals surface area contributed by atoms with Gasteiger partial charge in [0.25, 0.3) is 0 Å². The standard InChI is InChI=1S/C21H19FN5/c1-26-11-2-3-20-19(26)8-12-27(20)14-16-5-4-15(13-18(16)22)21(23)25-17-6-9-24-10-7-17/h2-13H,14H2,1H3,(H2,23,24,25)/q+1. The van der Waals surface area contributed by atoms with Crippen molar-refractivity contribution in [2.24, 2.45) is 17.8 Å². The number of hydrogen-bond acceptors (Lipinski definition) is 2. The van der Waals surface area contributed by atoms with Gasteiger partial charge in [-0.15, -0.1) is 0 Å². The number of aliphatic imine (C=N–C) groups is 1. The molecule has 0 spiro atoms. The number of nitrogens with zero attached hydrogens (tertiary/aromatic N) is 4. The summed E-state index contributed by atoms with van der Waals surface area (Å²) >= 11 is 0. The molecule has 1 aromatic carbocycles. The molecule has 0 amide bonds. The van der Waals surface area contributed by atoms with Gasteiger partial charge in [-0.3, -0.25) is 4.98 Å². The van der Waals surface area contributed by atoms with Crippen LogP contribution >= 0.6 is 0 Å². The number of halogens is 1. The highest BCUT2D eigenvalue weighted by Crippen LogP contribution is 2.18. The van der Waals surface area contributed by atoms with Crippen molar-refractivity contribution in [2.45, 2.75) is 6.54 Å². The summed E-state index contributed by atoms with van der Waals surface area (Å²) in [5, 5.41) is 0. The van der Waals surface area contributed by atoms with Crippen LogP contribution in [0.1, 0.15) is 11.1 Å². The number of rotatable bonds is 4. The number of aromatic nitrogens is 3. The molecule has 27 heavy (non-hydrogen) atoms. The van der Waals surface area contributed by atoms with Crippen molar-refractivity contribution in [3.63, 3.8) is 0 Å². The van der Waals surface area contributed by atoms with E-state index < -0.39 is 0 Å². The SMILES string of the molecule is C[n+]1cccc2c1ccn2Cc1ccc(C(N)=Nc2ccncc2)cc1F. The first-order chi connectivity index (χ1) is 13.1. The van der Waals surface area contributed by atoms with Crippen LogP contribution in [-0.2, 0) is 13.6 Å². The molecule has 0 saturated carbocycles. The van der Waals surface area contributed by atoms with Crippen LogP contribution in [0.3, 0.4) is 0 Å². The molecule has 2 N–H and O–H groups in total. The van der Waals surface area contributed by atoms with Gasteiger partial charge in [0.2, 0.25) is 5.52 Å². The average molecular weight is 360 g/mol. The van der Waals surface area contributed by atoms with Crippen molar-refractivity contribution in [3.05, 3.63) is 90.3 Å². The zero-order valence-electron chi connectivity index (χ0n) is 14.9. The molecule has 5 nitrogen and oxygen atoms in total. The lowest BCUT2D eigenvalue weighted by Gasteiger charge is -2.08. The topological polar surface area (TPSA) is 60.1 Å². The van der Waals surface area contributed by atoms with E-state index in [2.05, 4.69) is 9.98 Å². The number of fused-ring (bicyclic) bond motifs is 1. The second-order valence-corrected chi connectivity index (χ2v) is 6.34. The summed E-state index contributed by atoms with van der Waals surface area (Å²) in [7, 11) is 1.99. The van der Waals surface area contributed by atoms with Crippen LogP contribution in [-0.4, -0.2) is 15.4 Å². The van der Waals surface area contributed by atoms with E-state index in [-0.39, 0.29) is 11.7 Å². The summed E-state index contributed by atoms with van der Waals surface area (Å²) in [6.45, 7) is 0.445. The lowest BCUT2D eigenvalue weighted by Crippen LogP contribution is -2.27. The van der Waals surface area contributed by atoms with Gasteiger partial charge < -0.3 is 10.3 Å². The van der Waals surface area contributed by atoms with Crippen molar-refractivity contribution in [2.75, 3.05) is 0 Å². The van der Waals surface area contributed by atoms with Crippen molar-refractivity contribution in [3.8, 4) is 0 Å². The molecule has 0 unspecified atom stereocenters. The monoisotopic (exact) mass is 360 g/mol. The maximum atomic E-state index is 14.7. The van der Waals surface area contributed by atoms with Crippen LogP contribution in [0.25, 0.3) is 11.0 Å². The second-order valence-electron chi connectivity index (χ2n) is 6.34. The van der Waals surface area contributed by atoms with Crippen LogP contribution in [0.2, 0.25) is 0 Å². The predicted molar refractivity (Wildman–Crippen MR) is 103 cm³/mol. The average Bonchev–Trinajstić information content (AvgIpc) is 3.08. The van der Waals surface area contributed by atoms with Crippen LogP contribution in [0, 0.1) is 5.82 Å². The van der Waals surface area contributed by atoms with Gasteiger partial charge in [0, 0.05) is 41.9 Å². The minimum absolute atomic E-state index is 0.269. The molecule has 0 radical (unpaired) electrons. The van der Waals surface area contributed by atoms with E-state index >= 15 is 0 Å². The van der Waals surface area contributed by atoms with Gasteiger partial charge in [0.1, 0.15) is 24.2 Å². The lowest BCUT2D eigenvalue weighted by atomic mass is 10.1. The van der Waals surface area contributed by atoms with E-state index in [1.807, 2.05) is 46.8 Å². The predicted octanol–water partition coefficient (Wildman–Crippen LogP) is 3.09. The third-order valence-electron chi connectivity index (χ3n) is 4.53. The minimum Gasteiger partial charge on any atom is -0.383 e. The summed E-state index contributed by atoms with van der Waals surface area (Å²) in [4.78, 5) is 8.25. The Morgan fingerprint density at radius 3 is 2.78 bits per heavy atom. The normalized spacial score (nSPS) is 11.9. The summed E-state index contributed by atoms with van der Waals surface area (Å²) in [6, 6.07) is 14.5. The molecular formula is C21H19FN5+. The van der Waals surface area contributed by atoms with E-state index in [1.54, 1.807) is 36.7 Å². The number of hydrogen-bond donors (Lipinski definition) is 1. The molecule has 0 aliphatic rings. The maximum absolute atomic E-state index is 14.7. The van der Waals surface area contributed by atoms with Gasteiger partial charge in [-0.2, -0.15) is 4.57 Å². The van der Waals surface area contributed by atoms with Crippen molar-refractivity contribution < 1.29 is 8.96 Å². The van der Waals surface area contributed by atoms with Crippen LogP contribution in [0.5, 0.6) is 0 Å². The highest BCUT2D eigenvalue weighted by atomic mass is 19.1. The number of amidine groups is 1. The summed E-state index contributed by atoms with van der Waals surface area (Å²) in [6.07, 6.45) is 7.23. The van der Waals surface area contributed by atoms with Crippen molar-refractivity contribution >= 4 is 22.6 Å². The van der Waals surface area contributed by atoms with E-state index in [9.17, 15) is 4.39 Å². The smallest absolute Gasteiger partial charge is 0.230 e. The molecule has 134 valence electrons. The molecule has 4 rings (SSSR count). The Morgan fingerprint density at radius 2 is 2.00 bits per heavy atom. The van der Waals surface area contributed by atoms with Crippen LogP contribution in [0.4, 0.5) is 10.1 Å². The number of aryl methyl sites for hydroxylation is 1. The molecule has 0 fully saturated rings. The number of nitrogens with two attached hydrogens (primary N) is 1. The fourth-order valence-electron chi connectivity index (χ4n) is 3.07. The fraction of sp³-hybridized carbons (Fsp3) is 0.0952. The lowest BCUT2D eigenvalue weighted by molar-refractivity contribution is -0.644. The Balaban J connectivity index is 1.62. The Kier molecular flexibility index (Phi) is 4.38. The van der Waals surface area contributed by atoms with Crippen LogP contribution in [0.15, 0.2) is 78.3 Å². The van der Waals surface area contributed by atoms with Gasteiger partial charge in [0.15, 0.2) is 6.20 Å². The van der Waals surface area contributed by atoms with E-state index in [0.717, 1.165) is 11.0 Å². The molecule has 0 saturated heterocycles. The molecule has 0 atom stereocenters. The Bertz CT molecular complexity index is 1130. The first-order valence-corrected chi connectivity index (χ1v) is 8.58. The minimum atomic E-state index is -0.303. The van der Waals surface area contributed by atoms with Crippen molar-refractivity contribution in [1.29, 1.82) is 0 Å². The molecular weight excluding hydrogens is 341 g/mol. The largest absolute Gasteiger partial charge is 0.383 e. The molecule has 0 aliphatic carbocycles. The molecule has 0 bridgehead atoms. The van der Waals surface area contributed by atoms with Crippen LogP contribution < -0.4 is 10.3 Å². The number of benzene rings is 1. The molecule has 0 aliphatic heterocycles. The maximum Gasteiger partial charge on any atom is 0.230 e. The van der Waals surface area contributed by atoms with Gasteiger partial charge in [0.05, 0.1) is 12.2 Å². The molecule has 3 heterocycles. The van der Waals surface area contributed by atoms with Gasteiger partial charge in [-0.25, -0.2) is 9.38 Å². The Morgan fingerprint density at radius 1 is 1.19 bits per heavy atom. The van der Waals surface area contributed by atoms with Crippen molar-refractivity contribution in [1.82, 2.24) is 9.55 Å². The fourth-order valence-corrected chi connectivity index (χ4v) is 3.07. The van der Waals surface area contributed by atoms with E-state index in [0.29, 0.717) is 23.4 Å². The van der Waals surface area contributed by atoms with E-state index in [1.165, 1.54) is 6.07 Å². The molecule has 3 aromatic heterocycles. The van der Waals surface area contributed by atoms with E-state index in [4.69, 9.17) is 5.73 Å². The second kappa shape index (κ2) is 6.99. The summed E-state index contributed by atoms with van der Waals surface area (Å²) in [5.74, 6) is -0.0346. The molecule has 4 aromatic rings. The Hall–Kier alpha value is -3.54. The molecule has 6 heteroatoms. The highest BCUT2D eigenvalue weighted by Gasteiger charge is 2.12. The number of pyridine rings is 2.